The molecular weight excluding hydrogens is 469 g/mol. The van der Waals surface area contributed by atoms with Gasteiger partial charge in [0, 0.05) is 27.2 Å². The van der Waals surface area contributed by atoms with Crippen LogP contribution in [0.1, 0.15) is 10.4 Å². The van der Waals surface area contributed by atoms with Gasteiger partial charge in [-0.2, -0.15) is 4.98 Å². The first-order valence-electron chi connectivity index (χ1n) is 8.38. The van der Waals surface area contributed by atoms with Crippen LogP contribution < -0.4 is 10.0 Å². The summed E-state index contributed by atoms with van der Waals surface area (Å²) in [4.78, 5) is 17.4. The fraction of sp³-hybridized carbons (Fsp3) is 0.0556. The Morgan fingerprint density at radius 2 is 1.87 bits per heavy atom. The van der Waals surface area contributed by atoms with E-state index >= 15 is 0 Å². The maximum absolute atomic E-state index is 12.5. The molecule has 8 nitrogen and oxygen atoms in total. The Morgan fingerprint density at radius 3 is 2.57 bits per heavy atom. The summed E-state index contributed by atoms with van der Waals surface area (Å²) in [6.07, 6.45) is 1.05. The summed E-state index contributed by atoms with van der Waals surface area (Å²) >= 11 is 13.7. The minimum atomic E-state index is -3.39. The number of halogens is 2. The van der Waals surface area contributed by atoms with E-state index in [0.29, 0.717) is 37.5 Å². The van der Waals surface area contributed by atoms with E-state index in [2.05, 4.69) is 20.1 Å². The van der Waals surface area contributed by atoms with Gasteiger partial charge < -0.3 is 0 Å². The van der Waals surface area contributed by atoms with Crippen LogP contribution in [0.2, 0.25) is 10.0 Å². The fourth-order valence-electron chi connectivity index (χ4n) is 2.69. The zero-order chi connectivity index (χ0) is 21.5. The normalized spacial score (nSPS) is 11.6. The van der Waals surface area contributed by atoms with Crippen LogP contribution in [0.4, 0.5) is 11.6 Å². The smallest absolute Gasteiger partial charge is 0.258 e. The highest BCUT2D eigenvalue weighted by Gasteiger charge is 2.16. The fourth-order valence-corrected chi connectivity index (χ4v) is 4.46. The molecule has 30 heavy (non-hydrogen) atoms. The van der Waals surface area contributed by atoms with Gasteiger partial charge in [-0.05, 0) is 42.5 Å². The van der Waals surface area contributed by atoms with Crippen molar-refractivity contribution in [1.82, 2.24) is 14.6 Å². The number of benzene rings is 2. The topological polar surface area (TPSA) is 105 Å². The van der Waals surface area contributed by atoms with Gasteiger partial charge >= 0.3 is 0 Å². The summed E-state index contributed by atoms with van der Waals surface area (Å²) in [5.41, 5.74) is 2.09. The standard InChI is InChI=1S/C18H13Cl2N5O3S2/c1-30(27,28)24-12-5-2-10(3-6-12)16(26)21-17-22-18-25(23-17)15(9-29-18)13-8-11(19)4-7-14(13)20/h2-9,24H,1H3,(H,21,23,26). The van der Waals surface area contributed by atoms with Crippen LogP contribution in [0.5, 0.6) is 0 Å². The number of hydrogen-bond acceptors (Lipinski definition) is 6. The molecule has 0 aliphatic heterocycles. The van der Waals surface area contributed by atoms with Crippen molar-refractivity contribution in [2.75, 3.05) is 16.3 Å². The summed E-state index contributed by atoms with van der Waals surface area (Å²) < 4.78 is 26.4. The van der Waals surface area contributed by atoms with E-state index < -0.39 is 15.9 Å². The molecule has 2 aromatic carbocycles. The molecule has 0 fully saturated rings. The number of hydrogen-bond donors (Lipinski definition) is 2. The minimum absolute atomic E-state index is 0.129. The average molecular weight is 482 g/mol. The predicted octanol–water partition coefficient (Wildman–Crippen LogP) is 4.39. The number of anilines is 2. The third kappa shape index (κ3) is 4.41. The molecule has 0 bridgehead atoms. The number of nitrogens with zero attached hydrogens (tertiary/aromatic N) is 3. The van der Waals surface area contributed by atoms with Crippen LogP contribution >= 0.6 is 34.5 Å². The lowest BCUT2D eigenvalue weighted by molar-refractivity contribution is 0.102. The first-order chi connectivity index (χ1) is 14.2. The van der Waals surface area contributed by atoms with Crippen molar-refractivity contribution in [2.24, 2.45) is 0 Å². The second-order valence-electron chi connectivity index (χ2n) is 6.28. The van der Waals surface area contributed by atoms with Crippen LogP contribution in [0, 0.1) is 0 Å². The maximum Gasteiger partial charge on any atom is 0.258 e. The number of nitrogens with one attached hydrogen (secondary N) is 2. The number of carbonyl (C=O) groups is 1. The molecule has 2 aromatic heterocycles. The molecule has 0 atom stereocenters. The van der Waals surface area contributed by atoms with Crippen LogP contribution in [-0.4, -0.2) is 35.2 Å². The van der Waals surface area contributed by atoms with Crippen molar-refractivity contribution in [3.8, 4) is 11.3 Å². The Labute approximate surface area is 185 Å². The van der Waals surface area contributed by atoms with Gasteiger partial charge in [-0.25, -0.2) is 12.9 Å². The molecule has 12 heteroatoms. The van der Waals surface area contributed by atoms with Crippen molar-refractivity contribution in [3.63, 3.8) is 0 Å². The van der Waals surface area contributed by atoms with Crippen molar-refractivity contribution >= 4 is 67.1 Å². The Balaban J connectivity index is 1.57. The van der Waals surface area contributed by atoms with Crippen LogP contribution in [0.25, 0.3) is 16.2 Å². The van der Waals surface area contributed by atoms with Gasteiger partial charge in [0.2, 0.25) is 15.0 Å². The quantitative estimate of drug-likeness (QED) is 0.439. The average Bonchev–Trinajstić information content (AvgIpc) is 3.23. The largest absolute Gasteiger partial charge is 0.289 e. The molecule has 4 aromatic rings. The second-order valence-corrected chi connectivity index (χ2v) is 9.71. The number of fused-ring (bicyclic) bond motifs is 1. The summed E-state index contributed by atoms with van der Waals surface area (Å²) in [5.74, 6) is -0.300. The van der Waals surface area contributed by atoms with Gasteiger partial charge in [0.1, 0.15) is 0 Å². The Bertz CT molecular complexity index is 1360. The summed E-state index contributed by atoms with van der Waals surface area (Å²) in [6, 6.07) is 11.1. The van der Waals surface area contributed by atoms with E-state index in [1.807, 2.05) is 5.38 Å². The minimum Gasteiger partial charge on any atom is -0.289 e. The Kier molecular flexibility index (Phi) is 5.41. The van der Waals surface area contributed by atoms with Crippen molar-refractivity contribution in [2.45, 2.75) is 0 Å². The van der Waals surface area contributed by atoms with E-state index in [0.717, 1.165) is 6.26 Å². The molecule has 0 aliphatic rings. The number of amides is 1. The highest BCUT2D eigenvalue weighted by atomic mass is 35.5. The number of thiazole rings is 1. The first-order valence-corrected chi connectivity index (χ1v) is 11.9. The van der Waals surface area contributed by atoms with Crippen molar-refractivity contribution in [1.29, 1.82) is 0 Å². The Hall–Kier alpha value is -2.66. The Morgan fingerprint density at radius 1 is 1.13 bits per heavy atom. The van der Waals surface area contributed by atoms with Gasteiger partial charge in [0.15, 0.2) is 0 Å². The number of aromatic nitrogens is 3. The number of rotatable bonds is 5. The molecule has 4 rings (SSSR count). The van der Waals surface area contributed by atoms with E-state index in [1.54, 1.807) is 22.7 Å². The van der Waals surface area contributed by atoms with E-state index in [4.69, 9.17) is 23.2 Å². The van der Waals surface area contributed by atoms with Gasteiger partial charge in [-0.3, -0.25) is 14.8 Å². The molecule has 2 N–H and O–H groups in total. The summed E-state index contributed by atoms with van der Waals surface area (Å²) in [6.45, 7) is 0. The van der Waals surface area contributed by atoms with Gasteiger partial charge in [-0.1, -0.05) is 23.2 Å². The maximum atomic E-state index is 12.5. The van der Waals surface area contributed by atoms with Gasteiger partial charge in [0.25, 0.3) is 11.9 Å². The second kappa shape index (κ2) is 7.88. The molecule has 2 heterocycles. The zero-order valence-electron chi connectivity index (χ0n) is 15.3. The van der Waals surface area contributed by atoms with Crippen LogP contribution in [0.3, 0.4) is 0 Å². The summed E-state index contributed by atoms with van der Waals surface area (Å²) in [7, 11) is -3.39. The van der Waals surface area contributed by atoms with Gasteiger partial charge in [-0.15, -0.1) is 16.4 Å². The molecular formula is C18H13Cl2N5O3S2. The van der Waals surface area contributed by atoms with Gasteiger partial charge in [0.05, 0.1) is 17.0 Å². The molecule has 154 valence electrons. The zero-order valence-corrected chi connectivity index (χ0v) is 18.4. The van der Waals surface area contributed by atoms with Crippen LogP contribution in [-0.2, 0) is 10.0 Å². The molecule has 0 spiro atoms. The lowest BCUT2D eigenvalue weighted by atomic mass is 10.2. The van der Waals surface area contributed by atoms with Crippen molar-refractivity contribution in [3.05, 3.63) is 63.5 Å². The third-order valence-electron chi connectivity index (χ3n) is 3.96. The monoisotopic (exact) mass is 481 g/mol. The molecule has 0 saturated heterocycles. The highest BCUT2D eigenvalue weighted by molar-refractivity contribution is 7.92. The SMILES string of the molecule is CS(=O)(=O)Nc1ccc(C(=O)Nc2nc3scc(-c4cc(Cl)ccc4Cl)n3n2)cc1. The first kappa shape index (κ1) is 20.6. The highest BCUT2D eigenvalue weighted by Crippen LogP contribution is 2.33. The van der Waals surface area contributed by atoms with Crippen LogP contribution in [0.15, 0.2) is 47.8 Å². The molecule has 0 radical (unpaired) electrons. The summed E-state index contributed by atoms with van der Waals surface area (Å²) in [5, 5.41) is 9.88. The van der Waals surface area contributed by atoms with E-state index in [1.165, 1.54) is 35.6 Å². The number of carbonyl (C=O) groups excluding carboxylic acids is 1. The van der Waals surface area contributed by atoms with E-state index in [9.17, 15) is 13.2 Å². The van der Waals surface area contributed by atoms with E-state index in [-0.39, 0.29) is 5.95 Å². The molecule has 1 amide bonds. The van der Waals surface area contributed by atoms with Crippen molar-refractivity contribution < 1.29 is 13.2 Å². The molecule has 0 saturated carbocycles. The number of sulfonamides is 1. The molecule has 0 aliphatic carbocycles. The molecule has 0 unspecified atom stereocenters. The third-order valence-corrected chi connectivity index (χ3v) is 5.95. The predicted molar refractivity (Wildman–Crippen MR) is 119 cm³/mol. The lowest BCUT2D eigenvalue weighted by Gasteiger charge is -2.05. The lowest BCUT2D eigenvalue weighted by Crippen LogP contribution is -2.14.